The first-order valence-electron chi connectivity index (χ1n) is 11.6. The van der Waals surface area contributed by atoms with Gasteiger partial charge in [0.05, 0.1) is 0 Å². The molecule has 0 aromatic rings. The fraction of sp³-hybridized carbons (Fsp3) is 1.00. The minimum atomic E-state index is -3.48. The first-order chi connectivity index (χ1) is 13.6. The summed E-state index contributed by atoms with van der Waals surface area (Å²) in [7, 11) is -3.48. The number of hydrogen-bond acceptors (Lipinski definition) is 2. The summed E-state index contributed by atoms with van der Waals surface area (Å²) in [5.41, 5.74) is 0. The largest absolute Gasteiger partial charge is 0.224 e. The van der Waals surface area contributed by atoms with Gasteiger partial charge < -0.3 is 0 Å². The fourth-order valence-corrected chi connectivity index (χ4v) is 11.7. The molecule has 0 saturated heterocycles. The summed E-state index contributed by atoms with van der Waals surface area (Å²) < 4.78 is 24.2. The molecule has 0 heterocycles. The molecule has 0 bridgehead atoms. The lowest BCUT2D eigenvalue weighted by Crippen LogP contribution is -2.38. The Balaban J connectivity index is 4.21. The van der Waals surface area contributed by atoms with Crippen LogP contribution in [0, 0.1) is 0 Å². The van der Waals surface area contributed by atoms with Crippen molar-refractivity contribution in [3.8, 4) is 0 Å². The van der Waals surface area contributed by atoms with Crippen LogP contribution in [-0.2, 0) is 9.84 Å². The van der Waals surface area contributed by atoms with Crippen LogP contribution in [-0.4, -0.2) is 13.5 Å². The van der Waals surface area contributed by atoms with Gasteiger partial charge in [0.2, 0.25) is 9.84 Å². The molecular weight excluding hydrogens is 648 g/mol. The van der Waals surface area contributed by atoms with Gasteiger partial charge >= 0.3 is 0 Å². The van der Waals surface area contributed by atoms with Crippen LogP contribution in [0.1, 0.15) is 129 Å². The number of unbranched alkanes of at least 4 members (excludes halogenated alkanes) is 14. The summed E-state index contributed by atoms with van der Waals surface area (Å²) in [5.74, 6) is 0. The van der Waals surface area contributed by atoms with Gasteiger partial charge in [0.25, 0.3) is 0 Å². The second kappa shape index (κ2) is 17.4. The molecule has 0 unspecified atom stereocenters. The number of hydrogen-bond donors (Lipinski definition) is 0. The molecule has 0 N–H and O–H groups in total. The molecule has 0 fully saturated rings. The van der Waals surface area contributed by atoms with Gasteiger partial charge in [0, 0.05) is 0 Å². The highest BCUT2D eigenvalue weighted by atomic mass is 79.9. The Labute approximate surface area is 214 Å². The predicted molar refractivity (Wildman–Crippen MR) is 145 cm³/mol. The molecule has 0 aliphatic carbocycles. The van der Waals surface area contributed by atoms with Crippen LogP contribution >= 0.6 is 63.7 Å². The Kier molecular flexibility index (Phi) is 18.5. The molecule has 0 aliphatic rings. The lowest BCUT2D eigenvalue weighted by atomic mass is 10.1. The second-order valence-electron chi connectivity index (χ2n) is 8.23. The highest BCUT2D eigenvalue weighted by molar-refractivity contribution is 9.31. The van der Waals surface area contributed by atoms with Crippen LogP contribution < -0.4 is 0 Å². The number of halogens is 4. The van der Waals surface area contributed by atoms with E-state index >= 15 is 0 Å². The third-order valence-corrected chi connectivity index (χ3v) is 14.1. The van der Waals surface area contributed by atoms with Gasteiger partial charge in [-0.3, -0.25) is 0 Å². The molecule has 0 atom stereocenters. The zero-order valence-corrected chi connectivity index (χ0v) is 25.6. The van der Waals surface area contributed by atoms with Gasteiger partial charge in [0.15, 0.2) is 5.13 Å². The number of rotatable bonds is 20. The Hall–Kier alpha value is 1.87. The van der Waals surface area contributed by atoms with Crippen molar-refractivity contribution in [1.29, 1.82) is 0 Å². The maximum atomic E-state index is 13.2. The molecule has 0 rings (SSSR count). The third-order valence-electron chi connectivity index (χ3n) is 5.43. The van der Waals surface area contributed by atoms with E-state index in [0.717, 1.165) is 25.7 Å². The van der Waals surface area contributed by atoms with Crippen LogP contribution in [0.2, 0.25) is 0 Å². The monoisotopic (exact) mass is 686 g/mol. The zero-order valence-electron chi connectivity index (χ0n) is 18.5. The molecule has 176 valence electrons. The van der Waals surface area contributed by atoms with Gasteiger partial charge in [-0.15, -0.1) is 0 Å². The van der Waals surface area contributed by atoms with Crippen LogP contribution in [0.15, 0.2) is 0 Å². The lowest BCUT2D eigenvalue weighted by molar-refractivity contribution is 0.547. The fourth-order valence-electron chi connectivity index (χ4n) is 3.42. The minimum Gasteiger partial charge on any atom is -0.224 e. The van der Waals surface area contributed by atoms with E-state index in [-0.39, 0.29) is 0 Å². The smallest absolute Gasteiger partial charge is 0.201 e. The Morgan fingerprint density at radius 3 is 1.00 bits per heavy atom. The van der Waals surface area contributed by atoms with Crippen molar-refractivity contribution in [1.82, 2.24) is 0 Å². The van der Waals surface area contributed by atoms with E-state index in [1.165, 1.54) is 77.0 Å². The molecule has 0 amide bonds. The maximum absolute atomic E-state index is 13.2. The van der Waals surface area contributed by atoms with E-state index < -0.39 is 15.0 Å². The number of sulfone groups is 1. The van der Waals surface area contributed by atoms with Crippen LogP contribution in [0.25, 0.3) is 0 Å². The summed E-state index contributed by atoms with van der Waals surface area (Å²) in [6.07, 6.45) is 20.4. The van der Waals surface area contributed by atoms with Crippen molar-refractivity contribution >= 4 is 73.6 Å². The van der Waals surface area contributed by atoms with Crippen molar-refractivity contribution in [3.63, 3.8) is 0 Å². The van der Waals surface area contributed by atoms with E-state index in [9.17, 15) is 8.42 Å². The highest BCUT2D eigenvalue weighted by Gasteiger charge is 2.51. The molecule has 7 heteroatoms. The normalized spacial score (nSPS) is 13.2. The molecule has 0 aromatic carbocycles. The summed E-state index contributed by atoms with van der Waals surface area (Å²) in [5, 5.41) is 0. The van der Waals surface area contributed by atoms with Gasteiger partial charge in [0.1, 0.15) is 0 Å². The minimum absolute atomic E-state index is 0.570. The third kappa shape index (κ3) is 13.2. The molecule has 0 saturated carbocycles. The summed E-state index contributed by atoms with van der Waals surface area (Å²) in [6, 6.07) is 0. The second-order valence-corrected chi connectivity index (χ2v) is 20.3. The molecule has 0 spiro atoms. The zero-order chi connectivity index (χ0) is 22.2. The average Bonchev–Trinajstić information content (AvgIpc) is 2.65. The SMILES string of the molecule is CCCCCCCCCCC(Br)(Br)S(=O)(=O)C(Br)(Br)CCCCCCCCCC. The number of alkyl halides is 4. The van der Waals surface area contributed by atoms with E-state index in [1.807, 2.05) is 0 Å². The summed E-state index contributed by atoms with van der Waals surface area (Å²) >= 11 is 13.9. The van der Waals surface area contributed by atoms with Crippen molar-refractivity contribution < 1.29 is 8.42 Å². The van der Waals surface area contributed by atoms with Crippen molar-refractivity contribution in [2.75, 3.05) is 0 Å². The van der Waals surface area contributed by atoms with Gasteiger partial charge in [-0.05, 0) is 12.8 Å². The topological polar surface area (TPSA) is 34.1 Å². The molecule has 0 radical (unpaired) electrons. The molecule has 0 aromatic heterocycles. The molecule has 2 nitrogen and oxygen atoms in total. The van der Waals surface area contributed by atoms with Crippen molar-refractivity contribution in [2.45, 2.75) is 135 Å². The average molecular weight is 690 g/mol. The standard InChI is InChI=1S/C22H42Br4O2S/c1-3-5-7-9-11-13-15-17-19-21(23,24)29(27,28)22(25,26)20-18-16-14-12-10-8-6-4-2/h3-20H2,1-2H3. The lowest BCUT2D eigenvalue weighted by Gasteiger charge is -2.30. The van der Waals surface area contributed by atoms with E-state index in [1.54, 1.807) is 0 Å². The summed E-state index contributed by atoms with van der Waals surface area (Å²) in [6.45, 7) is 4.46. The Morgan fingerprint density at radius 1 is 0.483 bits per heavy atom. The molecular formula is C22H42Br4O2S. The van der Waals surface area contributed by atoms with E-state index in [2.05, 4.69) is 77.6 Å². The highest BCUT2D eigenvalue weighted by Crippen LogP contribution is 2.51. The van der Waals surface area contributed by atoms with Crippen LogP contribution in [0.5, 0.6) is 0 Å². The first kappa shape index (κ1) is 30.9. The van der Waals surface area contributed by atoms with Crippen molar-refractivity contribution in [3.05, 3.63) is 0 Å². The quantitative estimate of drug-likeness (QED) is 0.0942. The molecule has 0 aliphatic heterocycles. The van der Waals surface area contributed by atoms with Gasteiger partial charge in [-0.2, -0.15) is 0 Å². The van der Waals surface area contributed by atoms with Crippen molar-refractivity contribution in [2.24, 2.45) is 0 Å². The summed E-state index contributed by atoms with van der Waals surface area (Å²) in [4.78, 5) is 0. The molecule has 29 heavy (non-hydrogen) atoms. The van der Waals surface area contributed by atoms with Crippen LogP contribution in [0.4, 0.5) is 0 Å². The van der Waals surface area contributed by atoms with Gasteiger partial charge in [-0.1, -0.05) is 180 Å². The maximum Gasteiger partial charge on any atom is 0.201 e. The van der Waals surface area contributed by atoms with Crippen LogP contribution in [0.3, 0.4) is 0 Å². The van der Waals surface area contributed by atoms with E-state index in [0.29, 0.717) is 12.8 Å². The predicted octanol–water partition coefficient (Wildman–Crippen LogP) is 10.3. The van der Waals surface area contributed by atoms with E-state index in [4.69, 9.17) is 0 Å². The first-order valence-corrected chi connectivity index (χ1v) is 16.3. The Morgan fingerprint density at radius 2 is 0.724 bits per heavy atom. The Bertz CT molecular complexity index is 455. The van der Waals surface area contributed by atoms with Gasteiger partial charge in [-0.25, -0.2) is 8.42 Å².